The minimum Gasteiger partial charge on any atom is -0.481 e. The molecule has 0 radical (unpaired) electrons. The Hall–Kier alpha value is -4.20. The van der Waals surface area contributed by atoms with Crippen LogP contribution < -0.4 is 20.1 Å². The Labute approximate surface area is 191 Å². The fraction of sp³-hybridized carbons (Fsp3) is 0.160. The summed E-state index contributed by atoms with van der Waals surface area (Å²) in [5.41, 5.74) is 2.62. The van der Waals surface area contributed by atoms with E-state index < -0.39 is 5.82 Å². The molecule has 8 heteroatoms. The van der Waals surface area contributed by atoms with Gasteiger partial charge in [-0.3, -0.25) is 4.79 Å². The highest BCUT2D eigenvalue weighted by Crippen LogP contribution is 2.29. The van der Waals surface area contributed by atoms with Crippen molar-refractivity contribution in [3.05, 3.63) is 95.2 Å². The van der Waals surface area contributed by atoms with Crippen LogP contribution in [-0.2, 0) is 6.54 Å². The van der Waals surface area contributed by atoms with Crippen molar-refractivity contribution in [2.24, 2.45) is 0 Å². The number of methoxy groups -OCH3 is 1. The number of aromatic nitrogens is 2. The number of anilines is 1. The first-order chi connectivity index (χ1) is 16.0. The Morgan fingerprint density at radius 1 is 1.21 bits per heavy atom. The zero-order chi connectivity index (χ0) is 23.2. The zero-order valence-corrected chi connectivity index (χ0v) is 18.3. The third-order valence-electron chi connectivity index (χ3n) is 5.07. The molecule has 2 N–H and O–H groups in total. The molecule has 0 bridgehead atoms. The summed E-state index contributed by atoms with van der Waals surface area (Å²) in [6.07, 6.45) is 9.61. The summed E-state index contributed by atoms with van der Waals surface area (Å²) in [5, 5.41) is 6.04. The molecule has 0 spiro atoms. The molecule has 3 aromatic rings. The quantitative estimate of drug-likeness (QED) is 0.511. The van der Waals surface area contributed by atoms with Crippen molar-refractivity contribution < 1.29 is 18.7 Å². The highest BCUT2D eigenvalue weighted by molar-refractivity contribution is 5.96. The molecule has 1 aliphatic carbocycles. The van der Waals surface area contributed by atoms with Gasteiger partial charge in [0.2, 0.25) is 5.88 Å². The maximum Gasteiger partial charge on any atom is 0.251 e. The molecule has 1 aromatic carbocycles. The number of ether oxygens (including phenoxy) is 2. The summed E-state index contributed by atoms with van der Waals surface area (Å²) in [6.45, 7) is 1.88. The van der Waals surface area contributed by atoms with Crippen LogP contribution in [0.15, 0.2) is 72.7 Å². The van der Waals surface area contributed by atoms with Crippen molar-refractivity contribution in [1.82, 2.24) is 15.3 Å². The number of pyridine rings is 2. The second-order valence-electron chi connectivity index (χ2n) is 7.36. The largest absolute Gasteiger partial charge is 0.481 e. The van der Waals surface area contributed by atoms with Crippen molar-refractivity contribution in [2.45, 2.75) is 19.9 Å². The smallest absolute Gasteiger partial charge is 0.251 e. The van der Waals surface area contributed by atoms with Gasteiger partial charge in [-0.1, -0.05) is 18.2 Å². The van der Waals surface area contributed by atoms with Crippen LogP contribution in [0.3, 0.4) is 0 Å². The number of carbonyl (C=O) groups is 1. The van der Waals surface area contributed by atoms with E-state index in [1.807, 2.05) is 19.1 Å². The molecule has 0 atom stereocenters. The van der Waals surface area contributed by atoms with Gasteiger partial charge in [0.05, 0.1) is 13.3 Å². The molecular formula is C25H23FN4O3. The number of benzene rings is 1. The number of rotatable bonds is 8. The maximum atomic E-state index is 13.5. The Morgan fingerprint density at radius 3 is 2.88 bits per heavy atom. The average molecular weight is 446 g/mol. The fourth-order valence-electron chi connectivity index (χ4n) is 3.40. The maximum absolute atomic E-state index is 13.5. The Balaban J connectivity index is 1.46. The van der Waals surface area contributed by atoms with E-state index in [4.69, 9.17) is 9.47 Å². The van der Waals surface area contributed by atoms with Crippen LogP contribution in [0.1, 0.15) is 27.9 Å². The average Bonchev–Trinajstić information content (AvgIpc) is 3.32. The molecule has 0 saturated carbocycles. The van der Waals surface area contributed by atoms with E-state index in [2.05, 4.69) is 26.7 Å². The molecule has 1 aliphatic rings. The van der Waals surface area contributed by atoms with E-state index in [0.29, 0.717) is 34.0 Å². The summed E-state index contributed by atoms with van der Waals surface area (Å²) < 4.78 is 24.7. The predicted octanol–water partition coefficient (Wildman–Crippen LogP) is 4.91. The minimum absolute atomic E-state index is 0.0708. The molecule has 168 valence electrons. The third kappa shape index (κ3) is 5.35. The van der Waals surface area contributed by atoms with E-state index in [9.17, 15) is 9.18 Å². The number of allylic oxidation sites excluding steroid dienone is 3. The van der Waals surface area contributed by atoms with Crippen molar-refractivity contribution >= 4 is 11.7 Å². The van der Waals surface area contributed by atoms with Crippen molar-refractivity contribution in [1.29, 1.82) is 0 Å². The number of amides is 1. The van der Waals surface area contributed by atoms with Gasteiger partial charge in [-0.25, -0.2) is 14.4 Å². The molecule has 2 aromatic heterocycles. The summed E-state index contributed by atoms with van der Waals surface area (Å²) in [7, 11) is 1.44. The van der Waals surface area contributed by atoms with E-state index in [0.717, 1.165) is 18.3 Å². The number of hydrogen-bond donors (Lipinski definition) is 2. The number of hydrogen-bond acceptors (Lipinski definition) is 6. The van der Waals surface area contributed by atoms with Gasteiger partial charge in [-0.05, 0) is 37.3 Å². The van der Waals surface area contributed by atoms with Crippen molar-refractivity contribution in [3.63, 3.8) is 0 Å². The van der Waals surface area contributed by atoms with Crippen molar-refractivity contribution in [3.8, 4) is 17.4 Å². The lowest BCUT2D eigenvalue weighted by Crippen LogP contribution is -2.24. The van der Waals surface area contributed by atoms with Crippen LogP contribution in [-0.4, -0.2) is 23.0 Å². The molecule has 7 nitrogen and oxygen atoms in total. The van der Waals surface area contributed by atoms with Gasteiger partial charge >= 0.3 is 0 Å². The molecule has 2 heterocycles. The number of nitrogens with one attached hydrogen (secondary N) is 2. The van der Waals surface area contributed by atoms with Crippen LogP contribution in [0.4, 0.5) is 10.2 Å². The minimum atomic E-state index is -0.502. The van der Waals surface area contributed by atoms with Gasteiger partial charge in [0.25, 0.3) is 5.91 Å². The molecule has 0 unspecified atom stereocenters. The topological polar surface area (TPSA) is 85.4 Å². The van der Waals surface area contributed by atoms with Crippen molar-refractivity contribution in [2.75, 3.05) is 12.4 Å². The summed E-state index contributed by atoms with van der Waals surface area (Å²) >= 11 is 0. The van der Waals surface area contributed by atoms with E-state index in [-0.39, 0.29) is 18.3 Å². The summed E-state index contributed by atoms with van der Waals surface area (Å²) in [4.78, 5) is 21.0. The highest BCUT2D eigenvalue weighted by atomic mass is 19.1. The van der Waals surface area contributed by atoms with Gasteiger partial charge in [0.15, 0.2) is 0 Å². The van der Waals surface area contributed by atoms with E-state index in [1.54, 1.807) is 36.5 Å². The van der Waals surface area contributed by atoms with E-state index >= 15 is 0 Å². The second-order valence-corrected chi connectivity index (χ2v) is 7.36. The molecule has 0 saturated heterocycles. The Morgan fingerprint density at radius 2 is 2.09 bits per heavy atom. The van der Waals surface area contributed by atoms with Crippen LogP contribution >= 0.6 is 0 Å². The van der Waals surface area contributed by atoms with Gasteiger partial charge in [0.1, 0.15) is 23.1 Å². The molecule has 0 aliphatic heterocycles. The lowest BCUT2D eigenvalue weighted by molar-refractivity contribution is 0.0949. The SMILES string of the molecule is COc1ncc(F)cc1CNC(=O)c1cccc(Oc2ccnc(NC3=CC=CC3)c2)c1C. The van der Waals surface area contributed by atoms with Gasteiger partial charge in [-0.15, -0.1) is 0 Å². The summed E-state index contributed by atoms with van der Waals surface area (Å²) in [5.74, 6) is 1.26. The first-order valence-corrected chi connectivity index (χ1v) is 10.4. The third-order valence-corrected chi connectivity index (χ3v) is 5.07. The van der Waals surface area contributed by atoms with Crippen LogP contribution in [0.5, 0.6) is 17.4 Å². The number of carbonyl (C=O) groups excluding carboxylic acids is 1. The second kappa shape index (κ2) is 9.95. The number of halogens is 1. The highest BCUT2D eigenvalue weighted by Gasteiger charge is 2.15. The fourth-order valence-corrected chi connectivity index (χ4v) is 3.40. The first kappa shape index (κ1) is 22.0. The zero-order valence-electron chi connectivity index (χ0n) is 18.3. The van der Waals surface area contributed by atoms with Gasteiger partial charge in [-0.2, -0.15) is 0 Å². The monoisotopic (exact) mass is 446 g/mol. The predicted molar refractivity (Wildman–Crippen MR) is 123 cm³/mol. The van der Waals surface area contributed by atoms with Gasteiger partial charge < -0.3 is 20.1 Å². The molecule has 4 rings (SSSR count). The van der Waals surface area contributed by atoms with E-state index in [1.165, 1.54) is 13.2 Å². The molecule has 1 amide bonds. The Bertz CT molecular complexity index is 1240. The lowest BCUT2D eigenvalue weighted by atomic mass is 10.1. The first-order valence-electron chi connectivity index (χ1n) is 10.4. The van der Waals surface area contributed by atoms with Gasteiger partial charge in [0, 0.05) is 47.6 Å². The number of nitrogens with zero attached hydrogens (tertiary/aromatic N) is 2. The molecular weight excluding hydrogens is 423 g/mol. The lowest BCUT2D eigenvalue weighted by Gasteiger charge is -2.14. The standard InChI is InChI=1S/C25H23FN4O3/c1-16-21(24(31)28-14-17-12-18(26)15-29-25(17)32-2)8-5-9-22(16)33-20-10-11-27-23(13-20)30-19-6-3-4-7-19/h3-6,8-13,15H,7,14H2,1-2H3,(H,27,30)(H,28,31). The molecule has 0 fully saturated rings. The Kier molecular flexibility index (Phi) is 6.64. The normalized spacial score (nSPS) is 12.3. The van der Waals surface area contributed by atoms with Crippen LogP contribution in [0.25, 0.3) is 0 Å². The summed E-state index contributed by atoms with van der Waals surface area (Å²) in [6, 6.07) is 10.1. The van der Waals surface area contributed by atoms with Crippen LogP contribution in [0.2, 0.25) is 0 Å². The molecule has 33 heavy (non-hydrogen) atoms. The van der Waals surface area contributed by atoms with Crippen LogP contribution in [0, 0.1) is 12.7 Å².